The maximum absolute atomic E-state index is 12.6. The molecule has 1 aromatic rings. The number of carbonyl (C=O) groups excluding carboxylic acids is 1. The summed E-state index contributed by atoms with van der Waals surface area (Å²) in [5.41, 5.74) is 0.408. The Balaban J connectivity index is 2.48. The van der Waals surface area contributed by atoms with Gasteiger partial charge >= 0.3 is 0 Å². The van der Waals surface area contributed by atoms with E-state index in [0.29, 0.717) is 17.1 Å². The van der Waals surface area contributed by atoms with E-state index < -0.39 is 9.84 Å². The lowest BCUT2D eigenvalue weighted by Gasteiger charge is -2.21. The molecule has 1 heterocycles. The number of hydrogen-bond donors (Lipinski definition) is 0. The first-order chi connectivity index (χ1) is 9.34. The van der Waals surface area contributed by atoms with Crippen molar-refractivity contribution in [2.75, 3.05) is 0 Å². The van der Waals surface area contributed by atoms with Crippen LogP contribution in [-0.2, 0) is 19.4 Å². The number of ether oxygens (including phenoxy) is 1. The molecule has 1 aromatic carbocycles. The van der Waals surface area contributed by atoms with Crippen molar-refractivity contribution in [2.24, 2.45) is 0 Å². The van der Waals surface area contributed by atoms with Crippen molar-refractivity contribution in [1.29, 1.82) is 0 Å². The van der Waals surface area contributed by atoms with Crippen LogP contribution in [0, 0.1) is 0 Å². The van der Waals surface area contributed by atoms with Crippen LogP contribution >= 0.6 is 0 Å². The lowest BCUT2D eigenvalue weighted by Crippen LogP contribution is -2.16. The molecule has 0 saturated heterocycles. The lowest BCUT2D eigenvalue weighted by atomic mass is 10.1. The van der Waals surface area contributed by atoms with Gasteiger partial charge < -0.3 is 4.74 Å². The van der Waals surface area contributed by atoms with Crippen LogP contribution in [-0.4, -0.2) is 14.2 Å². The first kappa shape index (κ1) is 14.5. The fourth-order valence-electron chi connectivity index (χ4n) is 2.16. The predicted octanol–water partition coefficient (Wildman–Crippen LogP) is 2.98. The molecule has 0 amide bonds. The number of rotatable bonds is 3. The number of ketones is 1. The van der Waals surface area contributed by atoms with Gasteiger partial charge in [0.15, 0.2) is 5.78 Å². The minimum absolute atomic E-state index is 0.0875. The van der Waals surface area contributed by atoms with Crippen molar-refractivity contribution in [1.82, 2.24) is 0 Å². The Morgan fingerprint density at radius 3 is 2.25 bits per heavy atom. The van der Waals surface area contributed by atoms with Crippen LogP contribution in [0.3, 0.4) is 0 Å². The smallest absolute Gasteiger partial charge is 0.206 e. The Bertz CT molecular complexity index is 710. The zero-order valence-corrected chi connectivity index (χ0v) is 12.5. The van der Waals surface area contributed by atoms with Crippen LogP contribution in [0.1, 0.15) is 27.2 Å². The maximum Gasteiger partial charge on any atom is 0.206 e. The number of benzene rings is 1. The molecule has 1 aliphatic heterocycles. The van der Waals surface area contributed by atoms with Gasteiger partial charge in [0.05, 0.1) is 9.80 Å². The summed E-state index contributed by atoms with van der Waals surface area (Å²) in [6, 6.07) is 8.16. The Labute approximate surface area is 118 Å². The second-order valence-corrected chi connectivity index (χ2v) is 6.64. The van der Waals surface area contributed by atoms with Gasteiger partial charge in [0.25, 0.3) is 0 Å². The van der Waals surface area contributed by atoms with Crippen LogP contribution in [0.4, 0.5) is 0 Å². The summed E-state index contributed by atoms with van der Waals surface area (Å²) in [7, 11) is -3.63. The molecule has 0 atom stereocenters. The summed E-state index contributed by atoms with van der Waals surface area (Å²) in [4.78, 5) is 11.9. The number of hydrogen-bond acceptors (Lipinski definition) is 4. The molecule has 0 saturated carbocycles. The molecular formula is C15H16O4S. The van der Waals surface area contributed by atoms with Gasteiger partial charge in [0.2, 0.25) is 9.84 Å². The highest BCUT2D eigenvalue weighted by Crippen LogP contribution is 2.34. The van der Waals surface area contributed by atoms with Crippen LogP contribution in [0.15, 0.2) is 57.2 Å². The monoisotopic (exact) mass is 292 g/mol. The van der Waals surface area contributed by atoms with Gasteiger partial charge in [0, 0.05) is 12.0 Å². The average molecular weight is 292 g/mol. The number of sulfone groups is 1. The number of carbonyl (C=O) groups is 1. The Morgan fingerprint density at radius 2 is 1.70 bits per heavy atom. The lowest BCUT2D eigenvalue weighted by molar-refractivity contribution is -0.113. The number of Topliss-reactive ketones (excluding diaryl/α,β-unsaturated/α-hetero) is 1. The molecule has 20 heavy (non-hydrogen) atoms. The highest BCUT2D eigenvalue weighted by molar-refractivity contribution is 7.95. The van der Waals surface area contributed by atoms with Gasteiger partial charge in [-0.15, -0.1) is 0 Å². The van der Waals surface area contributed by atoms with Crippen LogP contribution in [0.25, 0.3) is 0 Å². The first-order valence-corrected chi connectivity index (χ1v) is 7.70. The summed E-state index contributed by atoms with van der Waals surface area (Å²) in [5.74, 6) is 0.633. The molecule has 0 spiro atoms. The van der Waals surface area contributed by atoms with Gasteiger partial charge in [-0.3, -0.25) is 4.79 Å². The van der Waals surface area contributed by atoms with Gasteiger partial charge in [-0.2, -0.15) is 0 Å². The minimum Gasteiger partial charge on any atom is -0.465 e. The van der Waals surface area contributed by atoms with E-state index >= 15 is 0 Å². The van der Waals surface area contributed by atoms with E-state index in [1.54, 1.807) is 32.0 Å². The molecule has 0 bridgehead atoms. The number of allylic oxidation sites excluding steroid dienone is 4. The van der Waals surface area contributed by atoms with Crippen molar-refractivity contribution < 1.29 is 17.9 Å². The van der Waals surface area contributed by atoms with E-state index in [0.717, 1.165) is 0 Å². The normalized spacial score (nSPS) is 16.1. The van der Waals surface area contributed by atoms with E-state index in [-0.39, 0.29) is 22.0 Å². The van der Waals surface area contributed by atoms with Gasteiger partial charge in [0.1, 0.15) is 11.5 Å². The third-order valence-electron chi connectivity index (χ3n) is 3.26. The molecule has 5 heteroatoms. The Kier molecular flexibility index (Phi) is 3.81. The summed E-state index contributed by atoms with van der Waals surface area (Å²) in [6.45, 7) is 4.69. The van der Waals surface area contributed by atoms with E-state index in [4.69, 9.17) is 4.74 Å². The highest BCUT2D eigenvalue weighted by atomic mass is 32.2. The molecule has 0 fully saturated rings. The predicted molar refractivity (Wildman–Crippen MR) is 75.4 cm³/mol. The van der Waals surface area contributed by atoms with E-state index in [2.05, 4.69) is 0 Å². The fourth-order valence-corrected chi connectivity index (χ4v) is 3.71. The quantitative estimate of drug-likeness (QED) is 0.859. The van der Waals surface area contributed by atoms with Gasteiger partial charge in [-0.25, -0.2) is 8.42 Å². The van der Waals surface area contributed by atoms with Crippen LogP contribution in [0.5, 0.6) is 0 Å². The highest BCUT2D eigenvalue weighted by Gasteiger charge is 2.30. The van der Waals surface area contributed by atoms with E-state index in [9.17, 15) is 13.2 Å². The summed E-state index contributed by atoms with van der Waals surface area (Å²) < 4.78 is 30.6. The molecule has 106 valence electrons. The Hall–Kier alpha value is -1.88. The van der Waals surface area contributed by atoms with E-state index in [1.165, 1.54) is 19.1 Å². The van der Waals surface area contributed by atoms with Gasteiger partial charge in [-0.05, 0) is 32.9 Å². The average Bonchev–Trinajstić information content (AvgIpc) is 2.39. The Morgan fingerprint density at radius 1 is 1.10 bits per heavy atom. The van der Waals surface area contributed by atoms with Gasteiger partial charge in [-0.1, -0.05) is 18.2 Å². The minimum atomic E-state index is -3.63. The molecule has 2 rings (SSSR count). The first-order valence-electron chi connectivity index (χ1n) is 6.22. The van der Waals surface area contributed by atoms with Crippen molar-refractivity contribution in [3.8, 4) is 0 Å². The maximum atomic E-state index is 12.6. The van der Waals surface area contributed by atoms with E-state index in [1.807, 2.05) is 0 Å². The van der Waals surface area contributed by atoms with Crippen LogP contribution < -0.4 is 0 Å². The van der Waals surface area contributed by atoms with Crippen molar-refractivity contribution in [3.63, 3.8) is 0 Å². The molecule has 0 aliphatic carbocycles. The van der Waals surface area contributed by atoms with Crippen molar-refractivity contribution in [2.45, 2.75) is 32.1 Å². The molecular weight excluding hydrogens is 276 g/mol. The third kappa shape index (κ3) is 2.54. The molecule has 0 unspecified atom stereocenters. The summed E-state index contributed by atoms with van der Waals surface area (Å²) in [5, 5.41) is 0. The molecule has 0 radical (unpaired) electrons. The van der Waals surface area contributed by atoms with Crippen molar-refractivity contribution in [3.05, 3.63) is 52.3 Å². The SMILES string of the molecule is CC(=O)C1=C(C)OC(C)=C(S(=O)(=O)c2ccccc2)C1. The second-order valence-electron chi connectivity index (χ2n) is 4.67. The zero-order valence-electron chi connectivity index (χ0n) is 11.6. The van der Waals surface area contributed by atoms with Crippen molar-refractivity contribution >= 4 is 15.6 Å². The molecule has 1 aliphatic rings. The molecule has 0 aromatic heterocycles. The zero-order chi connectivity index (χ0) is 14.9. The van der Waals surface area contributed by atoms with Crippen LogP contribution in [0.2, 0.25) is 0 Å². The molecule has 4 nitrogen and oxygen atoms in total. The topological polar surface area (TPSA) is 60.4 Å². The third-order valence-corrected chi connectivity index (χ3v) is 5.24. The second kappa shape index (κ2) is 5.25. The standard InChI is InChI=1S/C15H16O4S/c1-10(16)14-9-15(12(3)19-11(14)2)20(17,18)13-7-5-4-6-8-13/h4-8H,9H2,1-3H3. The summed E-state index contributed by atoms with van der Waals surface area (Å²) in [6.07, 6.45) is 0.0875. The summed E-state index contributed by atoms with van der Waals surface area (Å²) >= 11 is 0. The fraction of sp³-hybridized carbons (Fsp3) is 0.267. The largest absolute Gasteiger partial charge is 0.465 e. The molecule has 0 N–H and O–H groups in total.